The summed E-state index contributed by atoms with van der Waals surface area (Å²) in [5, 5.41) is 6.12. The molecule has 136 valence electrons. The molecule has 1 aromatic carbocycles. The van der Waals surface area contributed by atoms with Crippen LogP contribution in [0, 0.1) is 5.82 Å². The highest BCUT2D eigenvalue weighted by Gasteiger charge is 2.19. The highest BCUT2D eigenvalue weighted by molar-refractivity contribution is 7.91. The maximum absolute atomic E-state index is 13.6. The third-order valence-electron chi connectivity index (χ3n) is 3.43. The van der Waals surface area contributed by atoms with Gasteiger partial charge in [0.25, 0.3) is 10.0 Å². The second-order valence-corrected chi connectivity index (χ2v) is 8.93. The zero-order valence-electron chi connectivity index (χ0n) is 14.3. The molecule has 0 saturated heterocycles. The summed E-state index contributed by atoms with van der Waals surface area (Å²) in [6.45, 7) is 0.724. The fraction of sp³-hybridized carbons (Fsp3) is 0.312. The van der Waals surface area contributed by atoms with Crippen LogP contribution >= 0.6 is 11.3 Å². The number of nitrogens with one attached hydrogen (secondary N) is 2. The Morgan fingerprint density at radius 2 is 1.84 bits per heavy atom. The van der Waals surface area contributed by atoms with Gasteiger partial charge in [-0.05, 0) is 18.2 Å². The number of sulfonamides is 1. The zero-order valence-corrected chi connectivity index (χ0v) is 15.9. The lowest BCUT2D eigenvalue weighted by Gasteiger charge is -2.11. The second kappa shape index (κ2) is 8.41. The Morgan fingerprint density at radius 1 is 1.16 bits per heavy atom. The molecule has 2 rings (SSSR count). The Morgan fingerprint density at radius 3 is 2.48 bits per heavy atom. The van der Waals surface area contributed by atoms with E-state index in [0.717, 1.165) is 4.88 Å². The molecule has 9 heteroatoms. The van der Waals surface area contributed by atoms with Gasteiger partial charge in [-0.3, -0.25) is 4.99 Å². The molecule has 2 N–H and O–H groups in total. The molecule has 0 unspecified atom stereocenters. The van der Waals surface area contributed by atoms with E-state index in [1.54, 1.807) is 37.4 Å². The van der Waals surface area contributed by atoms with Crippen LogP contribution in [0.5, 0.6) is 0 Å². The molecule has 0 aliphatic carbocycles. The summed E-state index contributed by atoms with van der Waals surface area (Å²) in [6.07, 6.45) is 0. The van der Waals surface area contributed by atoms with Crippen molar-refractivity contribution in [2.75, 3.05) is 21.1 Å². The molecular formula is C16H21FN4O2S2. The predicted molar refractivity (Wildman–Crippen MR) is 98.6 cm³/mol. The minimum Gasteiger partial charge on any atom is -0.352 e. The Hall–Kier alpha value is -1.97. The molecule has 0 amide bonds. The second-order valence-electron chi connectivity index (χ2n) is 5.38. The highest BCUT2D eigenvalue weighted by atomic mass is 32.2. The van der Waals surface area contributed by atoms with E-state index in [0.29, 0.717) is 28.8 Å². The van der Waals surface area contributed by atoms with Crippen molar-refractivity contribution < 1.29 is 12.8 Å². The minimum absolute atomic E-state index is 0.276. The molecule has 0 spiro atoms. The first-order valence-corrected chi connectivity index (χ1v) is 9.79. The number of hydrogen-bond donors (Lipinski definition) is 2. The SMILES string of the molecule is CN=C(NCc1ccc(S(=O)(=O)N(C)C)s1)NCc1ccccc1F. The van der Waals surface area contributed by atoms with Crippen LogP contribution in [0.25, 0.3) is 0 Å². The van der Waals surface area contributed by atoms with E-state index in [2.05, 4.69) is 15.6 Å². The third-order valence-corrected chi connectivity index (χ3v) is 6.80. The van der Waals surface area contributed by atoms with E-state index in [4.69, 9.17) is 0 Å². The van der Waals surface area contributed by atoms with Gasteiger partial charge in [0, 0.05) is 38.1 Å². The lowest BCUT2D eigenvalue weighted by atomic mass is 10.2. The molecule has 0 aliphatic rings. The Kier molecular flexibility index (Phi) is 6.51. The first-order valence-electron chi connectivity index (χ1n) is 7.53. The molecule has 0 saturated carbocycles. The Labute approximate surface area is 151 Å². The van der Waals surface area contributed by atoms with E-state index in [1.165, 1.54) is 35.8 Å². The van der Waals surface area contributed by atoms with Gasteiger partial charge in [-0.1, -0.05) is 18.2 Å². The fourth-order valence-corrected chi connectivity index (χ4v) is 4.45. The van der Waals surface area contributed by atoms with Gasteiger partial charge in [0.05, 0.1) is 6.54 Å². The standard InChI is InChI=1S/C16H21FN4O2S2/c1-18-16(19-10-12-6-4-5-7-14(12)17)20-11-13-8-9-15(24-13)25(22,23)21(2)3/h4-9H,10-11H2,1-3H3,(H2,18,19,20). The summed E-state index contributed by atoms with van der Waals surface area (Å²) in [6, 6.07) is 9.88. The lowest BCUT2D eigenvalue weighted by molar-refractivity contribution is 0.523. The van der Waals surface area contributed by atoms with Gasteiger partial charge in [-0.25, -0.2) is 17.1 Å². The maximum atomic E-state index is 13.6. The molecule has 2 aromatic rings. The third kappa shape index (κ3) is 5.00. The van der Waals surface area contributed by atoms with Crippen molar-refractivity contribution in [3.63, 3.8) is 0 Å². The summed E-state index contributed by atoms with van der Waals surface area (Å²) in [4.78, 5) is 4.94. The molecule has 0 fully saturated rings. The first kappa shape index (κ1) is 19.4. The van der Waals surface area contributed by atoms with Crippen LogP contribution < -0.4 is 10.6 Å². The van der Waals surface area contributed by atoms with Crippen LogP contribution in [0.1, 0.15) is 10.4 Å². The topological polar surface area (TPSA) is 73.8 Å². The van der Waals surface area contributed by atoms with Crippen molar-refractivity contribution in [1.29, 1.82) is 0 Å². The zero-order chi connectivity index (χ0) is 18.4. The summed E-state index contributed by atoms with van der Waals surface area (Å²) < 4.78 is 39.2. The van der Waals surface area contributed by atoms with Crippen LogP contribution in [-0.4, -0.2) is 39.8 Å². The first-order chi connectivity index (χ1) is 11.8. The summed E-state index contributed by atoms with van der Waals surface area (Å²) in [5.74, 6) is 0.232. The van der Waals surface area contributed by atoms with Crippen molar-refractivity contribution in [3.05, 3.63) is 52.7 Å². The van der Waals surface area contributed by atoms with Crippen molar-refractivity contribution in [3.8, 4) is 0 Å². The van der Waals surface area contributed by atoms with E-state index in [-0.39, 0.29) is 5.82 Å². The van der Waals surface area contributed by atoms with E-state index in [9.17, 15) is 12.8 Å². The number of thiophene rings is 1. The Balaban J connectivity index is 1.94. The van der Waals surface area contributed by atoms with Crippen LogP contribution in [0.4, 0.5) is 4.39 Å². The molecule has 0 aliphatic heterocycles. The Bertz CT molecular complexity index is 847. The number of guanidine groups is 1. The number of aliphatic imine (C=N–C) groups is 1. The number of benzene rings is 1. The van der Waals surface area contributed by atoms with Crippen molar-refractivity contribution >= 4 is 27.3 Å². The van der Waals surface area contributed by atoms with Crippen molar-refractivity contribution in [2.24, 2.45) is 4.99 Å². The van der Waals surface area contributed by atoms with Crippen LogP contribution in [0.3, 0.4) is 0 Å². The van der Waals surface area contributed by atoms with E-state index < -0.39 is 10.0 Å². The van der Waals surface area contributed by atoms with Gasteiger partial charge in [-0.2, -0.15) is 0 Å². The predicted octanol–water partition coefficient (Wildman–Crippen LogP) is 2.00. The molecule has 25 heavy (non-hydrogen) atoms. The summed E-state index contributed by atoms with van der Waals surface area (Å²) in [5.41, 5.74) is 0.543. The number of rotatable bonds is 6. The normalized spacial score (nSPS) is 12.4. The average molecular weight is 385 g/mol. The lowest BCUT2D eigenvalue weighted by Crippen LogP contribution is -2.36. The molecular weight excluding hydrogens is 363 g/mol. The highest BCUT2D eigenvalue weighted by Crippen LogP contribution is 2.23. The van der Waals surface area contributed by atoms with Crippen LogP contribution in [0.15, 0.2) is 45.6 Å². The number of halogens is 1. The molecule has 1 aromatic heterocycles. The molecule has 0 bridgehead atoms. The van der Waals surface area contributed by atoms with Gasteiger partial charge in [0.15, 0.2) is 5.96 Å². The van der Waals surface area contributed by atoms with Crippen LogP contribution in [-0.2, 0) is 23.1 Å². The quantitative estimate of drug-likeness (QED) is 0.590. The number of nitrogens with zero attached hydrogens (tertiary/aromatic N) is 2. The average Bonchev–Trinajstić information content (AvgIpc) is 3.06. The largest absolute Gasteiger partial charge is 0.352 e. The molecule has 0 radical (unpaired) electrons. The maximum Gasteiger partial charge on any atom is 0.252 e. The van der Waals surface area contributed by atoms with E-state index in [1.807, 2.05) is 0 Å². The summed E-state index contributed by atoms with van der Waals surface area (Å²) in [7, 11) is 1.21. The smallest absolute Gasteiger partial charge is 0.252 e. The monoisotopic (exact) mass is 384 g/mol. The molecule has 0 atom stereocenters. The van der Waals surface area contributed by atoms with Gasteiger partial charge >= 0.3 is 0 Å². The van der Waals surface area contributed by atoms with Crippen molar-refractivity contribution in [2.45, 2.75) is 17.3 Å². The minimum atomic E-state index is -3.41. The van der Waals surface area contributed by atoms with Crippen LogP contribution in [0.2, 0.25) is 0 Å². The van der Waals surface area contributed by atoms with Gasteiger partial charge in [0.1, 0.15) is 10.0 Å². The van der Waals surface area contributed by atoms with Gasteiger partial charge in [0.2, 0.25) is 0 Å². The fourth-order valence-electron chi connectivity index (χ4n) is 1.98. The number of hydrogen-bond acceptors (Lipinski definition) is 4. The van der Waals surface area contributed by atoms with Gasteiger partial charge < -0.3 is 10.6 Å². The summed E-state index contributed by atoms with van der Waals surface area (Å²) >= 11 is 1.20. The molecule has 6 nitrogen and oxygen atoms in total. The van der Waals surface area contributed by atoms with Crippen molar-refractivity contribution in [1.82, 2.24) is 14.9 Å². The van der Waals surface area contributed by atoms with E-state index >= 15 is 0 Å². The van der Waals surface area contributed by atoms with Gasteiger partial charge in [-0.15, -0.1) is 11.3 Å². The molecule has 1 heterocycles.